The molecule has 1 unspecified atom stereocenters. The number of carbonyl (C=O) groups is 2. The first-order valence-corrected chi connectivity index (χ1v) is 10.9. The Bertz CT molecular complexity index is 1140. The van der Waals surface area contributed by atoms with Crippen LogP contribution in [0.25, 0.3) is 10.1 Å². The van der Waals surface area contributed by atoms with Gasteiger partial charge in [0.1, 0.15) is 13.2 Å². The molecule has 6 nitrogen and oxygen atoms in total. The van der Waals surface area contributed by atoms with Gasteiger partial charge in [-0.1, -0.05) is 18.2 Å². The molecule has 0 aliphatic carbocycles. The third kappa shape index (κ3) is 3.19. The molecule has 154 valence electrons. The van der Waals surface area contributed by atoms with Gasteiger partial charge in [0.05, 0.1) is 4.88 Å². The lowest BCUT2D eigenvalue weighted by Crippen LogP contribution is -2.29. The van der Waals surface area contributed by atoms with Gasteiger partial charge in [0, 0.05) is 36.3 Å². The number of amides is 2. The normalized spacial score (nSPS) is 17.9. The van der Waals surface area contributed by atoms with E-state index >= 15 is 0 Å². The Labute approximate surface area is 178 Å². The highest BCUT2D eigenvalue weighted by Gasteiger charge is 2.33. The average Bonchev–Trinajstić information content (AvgIpc) is 3.42. The summed E-state index contributed by atoms with van der Waals surface area (Å²) in [5.74, 6) is 1.35. The molecule has 0 spiro atoms. The molecular formula is C23H22N2O4S. The summed E-state index contributed by atoms with van der Waals surface area (Å²) in [6.45, 7) is 2.27. The van der Waals surface area contributed by atoms with Crippen molar-refractivity contribution in [3.8, 4) is 11.5 Å². The topological polar surface area (TPSA) is 67.9 Å². The standard InChI is InChI=1S/C23H22N2O4S/c1-24-22(26)21-20(16-4-2-3-5-19(16)30-21)15-8-9-25(13-15)23(27)14-6-7-17-18(12-14)29-11-10-28-17/h2-7,12,15H,8-11,13H2,1H3,(H,24,26). The fourth-order valence-corrected chi connectivity index (χ4v) is 5.53. The van der Waals surface area contributed by atoms with Crippen LogP contribution >= 0.6 is 11.3 Å². The van der Waals surface area contributed by atoms with Crippen LogP contribution in [-0.2, 0) is 0 Å². The molecule has 1 N–H and O–H groups in total. The van der Waals surface area contributed by atoms with Crippen molar-refractivity contribution in [2.75, 3.05) is 33.4 Å². The lowest BCUT2D eigenvalue weighted by molar-refractivity contribution is 0.0789. The molecule has 3 heterocycles. The second-order valence-electron chi connectivity index (χ2n) is 7.52. The fourth-order valence-electron chi connectivity index (χ4n) is 4.29. The number of thiophene rings is 1. The molecule has 2 aromatic carbocycles. The van der Waals surface area contributed by atoms with Crippen LogP contribution in [0.5, 0.6) is 11.5 Å². The van der Waals surface area contributed by atoms with Gasteiger partial charge < -0.3 is 19.7 Å². The molecule has 7 heteroatoms. The number of carbonyl (C=O) groups excluding carboxylic acids is 2. The smallest absolute Gasteiger partial charge is 0.261 e. The summed E-state index contributed by atoms with van der Waals surface area (Å²) in [6.07, 6.45) is 0.834. The Balaban J connectivity index is 1.42. The van der Waals surface area contributed by atoms with Crippen LogP contribution in [0.15, 0.2) is 42.5 Å². The van der Waals surface area contributed by atoms with E-state index in [0.29, 0.717) is 43.4 Å². The lowest BCUT2D eigenvalue weighted by Gasteiger charge is -2.21. The van der Waals surface area contributed by atoms with Gasteiger partial charge in [-0.2, -0.15) is 0 Å². The number of hydrogen-bond donors (Lipinski definition) is 1. The van der Waals surface area contributed by atoms with E-state index in [2.05, 4.69) is 11.4 Å². The first kappa shape index (κ1) is 18.9. The molecule has 30 heavy (non-hydrogen) atoms. The Morgan fingerprint density at radius 2 is 1.90 bits per heavy atom. The minimum absolute atomic E-state index is 0.0181. The van der Waals surface area contributed by atoms with Crippen molar-refractivity contribution in [2.45, 2.75) is 12.3 Å². The minimum atomic E-state index is -0.0668. The zero-order valence-electron chi connectivity index (χ0n) is 16.6. The summed E-state index contributed by atoms with van der Waals surface area (Å²) in [5.41, 5.74) is 1.66. The quantitative estimate of drug-likeness (QED) is 0.700. The Kier molecular flexibility index (Phi) is 4.83. The highest BCUT2D eigenvalue weighted by molar-refractivity contribution is 7.21. The fraction of sp³-hybridized carbons (Fsp3) is 0.304. The van der Waals surface area contributed by atoms with Crippen molar-refractivity contribution < 1.29 is 19.1 Å². The Hall–Kier alpha value is -3.06. The molecule has 2 aliphatic heterocycles. The van der Waals surface area contributed by atoms with Gasteiger partial charge in [-0.3, -0.25) is 9.59 Å². The first-order chi connectivity index (χ1) is 14.7. The zero-order chi connectivity index (χ0) is 20.7. The molecule has 5 rings (SSSR count). The Morgan fingerprint density at radius 1 is 1.10 bits per heavy atom. The molecule has 3 aromatic rings. The highest BCUT2D eigenvalue weighted by Crippen LogP contribution is 2.40. The second kappa shape index (κ2) is 7.65. The highest BCUT2D eigenvalue weighted by atomic mass is 32.1. The molecular weight excluding hydrogens is 400 g/mol. The third-order valence-electron chi connectivity index (χ3n) is 5.74. The molecule has 1 fully saturated rings. The van der Waals surface area contributed by atoms with Crippen LogP contribution in [-0.4, -0.2) is 50.1 Å². The predicted octanol–water partition coefficient (Wildman–Crippen LogP) is 3.66. The predicted molar refractivity (Wildman–Crippen MR) is 116 cm³/mol. The number of fused-ring (bicyclic) bond motifs is 2. The van der Waals surface area contributed by atoms with Crippen molar-refractivity contribution in [1.82, 2.24) is 10.2 Å². The zero-order valence-corrected chi connectivity index (χ0v) is 17.5. The maximum atomic E-state index is 13.1. The number of rotatable bonds is 3. The number of benzene rings is 2. The maximum Gasteiger partial charge on any atom is 0.261 e. The first-order valence-electron chi connectivity index (χ1n) is 10.1. The molecule has 0 saturated carbocycles. The van der Waals surface area contributed by atoms with Crippen LogP contribution in [0.1, 0.15) is 37.9 Å². The monoisotopic (exact) mass is 422 g/mol. The summed E-state index contributed by atoms with van der Waals surface area (Å²) in [7, 11) is 1.66. The van der Waals surface area contributed by atoms with Crippen molar-refractivity contribution in [3.63, 3.8) is 0 Å². The SMILES string of the molecule is CNC(=O)c1sc2ccccc2c1C1CCN(C(=O)c2ccc3c(c2)OCCO3)C1. The van der Waals surface area contributed by atoms with E-state index in [-0.39, 0.29) is 17.7 Å². The van der Waals surface area contributed by atoms with E-state index in [1.54, 1.807) is 25.2 Å². The lowest BCUT2D eigenvalue weighted by atomic mass is 9.95. The van der Waals surface area contributed by atoms with Gasteiger partial charge in [0.15, 0.2) is 11.5 Å². The largest absolute Gasteiger partial charge is 0.486 e. The van der Waals surface area contributed by atoms with Crippen molar-refractivity contribution in [2.24, 2.45) is 0 Å². The summed E-state index contributed by atoms with van der Waals surface area (Å²) in [6, 6.07) is 13.5. The van der Waals surface area contributed by atoms with Gasteiger partial charge in [-0.15, -0.1) is 11.3 Å². The number of nitrogens with zero attached hydrogens (tertiary/aromatic N) is 1. The van der Waals surface area contributed by atoms with Crippen LogP contribution in [0.4, 0.5) is 0 Å². The van der Waals surface area contributed by atoms with Crippen molar-refractivity contribution in [3.05, 3.63) is 58.5 Å². The molecule has 1 aromatic heterocycles. The van der Waals surface area contributed by atoms with Crippen LogP contribution in [0, 0.1) is 0 Å². The van der Waals surface area contributed by atoms with Crippen LogP contribution in [0.3, 0.4) is 0 Å². The second-order valence-corrected chi connectivity index (χ2v) is 8.57. The molecule has 1 saturated heterocycles. The Morgan fingerprint density at radius 3 is 2.73 bits per heavy atom. The van der Waals surface area contributed by atoms with Crippen molar-refractivity contribution in [1.29, 1.82) is 0 Å². The van der Waals surface area contributed by atoms with Gasteiger partial charge in [-0.25, -0.2) is 0 Å². The van der Waals surface area contributed by atoms with E-state index in [9.17, 15) is 9.59 Å². The van der Waals surface area contributed by atoms with Crippen molar-refractivity contribution >= 4 is 33.2 Å². The molecule has 2 aliphatic rings. The number of ether oxygens (including phenoxy) is 2. The van der Waals surface area contributed by atoms with E-state index in [4.69, 9.17) is 9.47 Å². The minimum Gasteiger partial charge on any atom is -0.486 e. The van der Waals surface area contributed by atoms with Crippen LogP contribution < -0.4 is 14.8 Å². The summed E-state index contributed by atoms with van der Waals surface area (Å²) < 4.78 is 12.3. The van der Waals surface area contributed by atoms with Crippen LogP contribution in [0.2, 0.25) is 0 Å². The molecule has 0 bridgehead atoms. The van der Waals surface area contributed by atoms with E-state index < -0.39 is 0 Å². The maximum absolute atomic E-state index is 13.1. The number of nitrogens with one attached hydrogen (secondary N) is 1. The van der Waals surface area contributed by atoms with E-state index in [1.807, 2.05) is 23.1 Å². The molecule has 0 radical (unpaired) electrons. The van der Waals surface area contributed by atoms with E-state index in [0.717, 1.165) is 26.9 Å². The summed E-state index contributed by atoms with van der Waals surface area (Å²) in [5, 5.41) is 3.87. The summed E-state index contributed by atoms with van der Waals surface area (Å²) >= 11 is 1.52. The average molecular weight is 423 g/mol. The summed E-state index contributed by atoms with van der Waals surface area (Å²) in [4.78, 5) is 28.3. The van der Waals surface area contributed by atoms with Gasteiger partial charge >= 0.3 is 0 Å². The number of likely N-dealkylation sites (tertiary alicyclic amines) is 1. The molecule has 2 amide bonds. The van der Waals surface area contributed by atoms with Gasteiger partial charge in [0.2, 0.25) is 0 Å². The number of hydrogen-bond acceptors (Lipinski definition) is 5. The third-order valence-corrected chi connectivity index (χ3v) is 6.93. The van der Waals surface area contributed by atoms with Gasteiger partial charge in [-0.05, 0) is 41.6 Å². The van der Waals surface area contributed by atoms with E-state index in [1.165, 1.54) is 11.3 Å². The molecule has 1 atom stereocenters. The van der Waals surface area contributed by atoms with Gasteiger partial charge in [0.25, 0.3) is 11.8 Å².